The quantitative estimate of drug-likeness (QED) is 0.784. The van der Waals surface area contributed by atoms with E-state index in [0.29, 0.717) is 17.1 Å². The van der Waals surface area contributed by atoms with E-state index in [2.05, 4.69) is 20.9 Å². The third-order valence-electron chi connectivity index (χ3n) is 4.23. The van der Waals surface area contributed by atoms with Crippen molar-refractivity contribution < 1.29 is 4.39 Å². The minimum absolute atomic E-state index is 0.275. The minimum atomic E-state index is -0.275. The highest BCUT2D eigenvalue weighted by Crippen LogP contribution is 2.28. The molecule has 112 valence electrons. The smallest absolute Gasteiger partial charge is 0.140 e. The van der Waals surface area contributed by atoms with Crippen molar-refractivity contribution >= 4 is 22.6 Å². The van der Waals surface area contributed by atoms with Gasteiger partial charge in [-0.15, -0.1) is 0 Å². The monoisotopic (exact) mass is 315 g/mol. The van der Waals surface area contributed by atoms with Crippen LogP contribution in [-0.2, 0) is 19.5 Å². The van der Waals surface area contributed by atoms with Crippen molar-refractivity contribution in [2.45, 2.75) is 19.5 Å². The van der Waals surface area contributed by atoms with Crippen LogP contribution in [-0.4, -0.2) is 16.1 Å². The Kier molecular flexibility index (Phi) is 3.36. The van der Waals surface area contributed by atoms with E-state index in [4.69, 9.17) is 11.6 Å². The highest BCUT2D eigenvalue weighted by atomic mass is 35.5. The number of halogens is 2. The van der Waals surface area contributed by atoms with Crippen LogP contribution >= 0.6 is 11.6 Å². The lowest BCUT2D eigenvalue weighted by atomic mass is 10.1. The van der Waals surface area contributed by atoms with Gasteiger partial charge in [0.25, 0.3) is 0 Å². The second-order valence-electron chi connectivity index (χ2n) is 5.55. The van der Waals surface area contributed by atoms with Gasteiger partial charge in [0.15, 0.2) is 0 Å². The molecule has 2 aromatic heterocycles. The second-order valence-corrected chi connectivity index (χ2v) is 5.98. The molecule has 3 nitrogen and oxygen atoms in total. The van der Waals surface area contributed by atoms with Gasteiger partial charge in [0, 0.05) is 34.4 Å². The van der Waals surface area contributed by atoms with Crippen molar-refractivity contribution in [3.8, 4) is 0 Å². The number of benzene rings is 1. The van der Waals surface area contributed by atoms with Gasteiger partial charge >= 0.3 is 0 Å². The molecule has 0 atom stereocenters. The zero-order valence-electron chi connectivity index (χ0n) is 11.9. The standard InChI is InChI=1S/C17H15ClFN3/c18-12-4-3-11(15(19)8-12)10-22-16-9-20-7-5-13(16)14-2-1-6-21-17(14)22/h1-4,6,8,20H,5,7,9-10H2. The molecule has 3 heterocycles. The molecular weight excluding hydrogens is 301 g/mol. The van der Waals surface area contributed by atoms with E-state index in [1.54, 1.807) is 18.3 Å². The fraction of sp³-hybridized carbons (Fsp3) is 0.235. The number of hydrogen-bond acceptors (Lipinski definition) is 2. The van der Waals surface area contributed by atoms with Crippen molar-refractivity contribution in [1.82, 2.24) is 14.9 Å². The van der Waals surface area contributed by atoms with Crippen LogP contribution in [0.1, 0.15) is 16.8 Å². The molecule has 5 heteroatoms. The van der Waals surface area contributed by atoms with Crippen LogP contribution in [0.2, 0.25) is 5.02 Å². The first-order valence-corrected chi connectivity index (χ1v) is 7.71. The molecule has 0 saturated heterocycles. The molecular formula is C17H15ClFN3. The Morgan fingerprint density at radius 2 is 2.23 bits per heavy atom. The van der Waals surface area contributed by atoms with Crippen LogP contribution in [0.25, 0.3) is 11.0 Å². The van der Waals surface area contributed by atoms with E-state index in [1.165, 1.54) is 22.7 Å². The molecule has 0 bridgehead atoms. The molecule has 0 radical (unpaired) electrons. The molecule has 1 N–H and O–H groups in total. The van der Waals surface area contributed by atoms with Gasteiger partial charge in [-0.3, -0.25) is 0 Å². The fourth-order valence-electron chi connectivity index (χ4n) is 3.19. The van der Waals surface area contributed by atoms with Crippen LogP contribution < -0.4 is 5.32 Å². The Balaban J connectivity index is 1.87. The highest BCUT2D eigenvalue weighted by Gasteiger charge is 2.20. The molecule has 22 heavy (non-hydrogen) atoms. The lowest BCUT2D eigenvalue weighted by molar-refractivity contribution is 0.577. The molecule has 1 aliphatic rings. The van der Waals surface area contributed by atoms with Gasteiger partial charge in [0.1, 0.15) is 11.5 Å². The van der Waals surface area contributed by atoms with E-state index < -0.39 is 0 Å². The maximum atomic E-state index is 14.1. The number of hydrogen-bond donors (Lipinski definition) is 1. The largest absolute Gasteiger partial charge is 0.324 e. The predicted octanol–water partition coefficient (Wildman–Crippen LogP) is 3.52. The van der Waals surface area contributed by atoms with Crippen LogP contribution in [0.3, 0.4) is 0 Å². The number of fused-ring (bicyclic) bond motifs is 3. The van der Waals surface area contributed by atoms with E-state index in [9.17, 15) is 4.39 Å². The summed E-state index contributed by atoms with van der Waals surface area (Å²) in [4.78, 5) is 4.52. The van der Waals surface area contributed by atoms with Crippen molar-refractivity contribution in [2.75, 3.05) is 6.54 Å². The lowest BCUT2D eigenvalue weighted by Gasteiger charge is -2.17. The molecule has 0 saturated carbocycles. The van der Waals surface area contributed by atoms with Crippen molar-refractivity contribution in [3.05, 3.63) is 64.2 Å². The summed E-state index contributed by atoms with van der Waals surface area (Å²) >= 11 is 5.84. The maximum absolute atomic E-state index is 14.1. The van der Waals surface area contributed by atoms with Gasteiger partial charge in [0.2, 0.25) is 0 Å². The van der Waals surface area contributed by atoms with Gasteiger partial charge in [-0.2, -0.15) is 0 Å². The number of aromatic nitrogens is 2. The Morgan fingerprint density at radius 3 is 3.09 bits per heavy atom. The Labute approximate surface area is 132 Å². The van der Waals surface area contributed by atoms with E-state index >= 15 is 0 Å². The van der Waals surface area contributed by atoms with Crippen molar-refractivity contribution in [2.24, 2.45) is 0 Å². The van der Waals surface area contributed by atoms with Gasteiger partial charge < -0.3 is 9.88 Å². The number of nitrogens with zero attached hydrogens (tertiary/aromatic N) is 2. The molecule has 1 aliphatic heterocycles. The molecule has 0 spiro atoms. The Hall–Kier alpha value is -1.91. The molecule has 3 aromatic rings. The SMILES string of the molecule is Fc1cc(Cl)ccc1Cn1c2c(c3cccnc31)CCNC2. The first kappa shape index (κ1) is 13.7. The lowest BCUT2D eigenvalue weighted by Crippen LogP contribution is -2.25. The number of nitrogens with one attached hydrogen (secondary N) is 1. The molecule has 0 amide bonds. The van der Waals surface area contributed by atoms with Crippen LogP contribution in [0.4, 0.5) is 4.39 Å². The summed E-state index contributed by atoms with van der Waals surface area (Å²) in [7, 11) is 0. The van der Waals surface area contributed by atoms with E-state index in [1.807, 2.05) is 6.07 Å². The van der Waals surface area contributed by atoms with Crippen molar-refractivity contribution in [1.29, 1.82) is 0 Å². The maximum Gasteiger partial charge on any atom is 0.140 e. The summed E-state index contributed by atoms with van der Waals surface area (Å²) in [5.41, 5.74) is 4.08. The summed E-state index contributed by atoms with van der Waals surface area (Å²) in [6.07, 6.45) is 2.77. The third kappa shape index (κ3) is 2.19. The van der Waals surface area contributed by atoms with Gasteiger partial charge in [0.05, 0.1) is 6.54 Å². The molecule has 0 aliphatic carbocycles. The fourth-order valence-corrected chi connectivity index (χ4v) is 3.34. The van der Waals surface area contributed by atoms with Crippen LogP contribution in [0.15, 0.2) is 36.5 Å². The van der Waals surface area contributed by atoms with E-state index in [0.717, 1.165) is 25.2 Å². The Bertz CT molecular complexity index is 856. The summed E-state index contributed by atoms with van der Waals surface area (Å²) in [6.45, 7) is 2.23. The molecule has 0 unspecified atom stereocenters. The first-order valence-electron chi connectivity index (χ1n) is 7.33. The van der Waals surface area contributed by atoms with Crippen LogP contribution in [0, 0.1) is 5.82 Å². The average Bonchev–Trinajstić information content (AvgIpc) is 2.85. The summed E-state index contributed by atoms with van der Waals surface area (Å²) < 4.78 is 16.3. The minimum Gasteiger partial charge on any atom is -0.324 e. The summed E-state index contributed by atoms with van der Waals surface area (Å²) in [5.74, 6) is -0.275. The van der Waals surface area contributed by atoms with Crippen molar-refractivity contribution in [3.63, 3.8) is 0 Å². The Morgan fingerprint density at radius 1 is 1.32 bits per heavy atom. The van der Waals surface area contributed by atoms with Gasteiger partial charge in [-0.25, -0.2) is 9.37 Å². The summed E-state index contributed by atoms with van der Waals surface area (Å²) in [6, 6.07) is 8.89. The topological polar surface area (TPSA) is 29.9 Å². The number of pyridine rings is 1. The third-order valence-corrected chi connectivity index (χ3v) is 4.46. The predicted molar refractivity (Wildman–Crippen MR) is 85.7 cm³/mol. The highest BCUT2D eigenvalue weighted by molar-refractivity contribution is 6.30. The average molecular weight is 316 g/mol. The molecule has 4 rings (SSSR count). The van der Waals surface area contributed by atoms with E-state index in [-0.39, 0.29) is 5.82 Å². The first-order chi connectivity index (χ1) is 10.7. The number of rotatable bonds is 2. The second kappa shape index (κ2) is 5.38. The molecule has 0 fully saturated rings. The van der Waals surface area contributed by atoms with Gasteiger partial charge in [-0.05, 0) is 42.8 Å². The zero-order chi connectivity index (χ0) is 15.1. The normalized spacial score (nSPS) is 14.3. The van der Waals surface area contributed by atoms with Crippen LogP contribution in [0.5, 0.6) is 0 Å². The van der Waals surface area contributed by atoms with Gasteiger partial charge in [-0.1, -0.05) is 17.7 Å². The summed E-state index contributed by atoms with van der Waals surface area (Å²) in [5, 5.41) is 4.98. The molecule has 1 aromatic carbocycles. The zero-order valence-corrected chi connectivity index (χ0v) is 12.7.